The van der Waals surface area contributed by atoms with Gasteiger partial charge in [-0.1, -0.05) is 25.0 Å². The molecule has 0 radical (unpaired) electrons. The lowest BCUT2D eigenvalue weighted by atomic mass is 9.81. The minimum atomic E-state index is -4.58. The molecule has 1 aromatic carbocycles. The van der Waals surface area contributed by atoms with Crippen molar-refractivity contribution in [1.82, 2.24) is 9.80 Å². The highest BCUT2D eigenvalue weighted by Gasteiger charge is 2.48. The number of anilines is 1. The number of amides is 3. The Labute approximate surface area is 160 Å². The summed E-state index contributed by atoms with van der Waals surface area (Å²) in [6.07, 6.45) is -1.34. The van der Waals surface area contributed by atoms with Crippen LogP contribution in [-0.2, 0) is 20.6 Å². The molecular formula is C19H22F3N3O3. The minimum Gasteiger partial charge on any atom is -0.324 e. The molecule has 1 saturated heterocycles. The van der Waals surface area contributed by atoms with E-state index in [1.807, 2.05) is 0 Å². The van der Waals surface area contributed by atoms with Gasteiger partial charge in [0.25, 0.3) is 0 Å². The topological polar surface area (TPSA) is 69.7 Å². The Morgan fingerprint density at radius 1 is 1.14 bits per heavy atom. The zero-order valence-electron chi connectivity index (χ0n) is 15.5. The fourth-order valence-corrected chi connectivity index (χ4v) is 3.94. The third kappa shape index (κ3) is 4.19. The highest BCUT2D eigenvalue weighted by atomic mass is 19.4. The number of hydrogen-bond donors (Lipinski definition) is 1. The van der Waals surface area contributed by atoms with Crippen molar-refractivity contribution in [2.45, 2.75) is 31.9 Å². The number of likely N-dealkylation sites (N-methyl/N-ethyl adjacent to an activating group) is 1. The molecule has 1 aromatic rings. The first-order chi connectivity index (χ1) is 13.2. The summed E-state index contributed by atoms with van der Waals surface area (Å²) < 4.78 is 39.1. The van der Waals surface area contributed by atoms with Crippen LogP contribution in [-0.4, -0.2) is 47.8 Å². The molecule has 0 unspecified atom stereocenters. The molecule has 3 amide bonds. The molecule has 2 atom stereocenters. The molecule has 1 saturated carbocycles. The maximum absolute atomic E-state index is 13.0. The van der Waals surface area contributed by atoms with Crippen LogP contribution in [0.4, 0.5) is 18.9 Å². The Balaban J connectivity index is 1.60. The zero-order valence-corrected chi connectivity index (χ0v) is 15.5. The number of benzene rings is 1. The Morgan fingerprint density at radius 2 is 1.71 bits per heavy atom. The molecule has 0 aromatic heterocycles. The van der Waals surface area contributed by atoms with Gasteiger partial charge in [-0.05, 0) is 32.0 Å². The maximum atomic E-state index is 13.0. The fraction of sp³-hybridized carbons (Fsp3) is 0.526. The molecule has 28 heavy (non-hydrogen) atoms. The second-order valence-electron chi connectivity index (χ2n) is 7.35. The van der Waals surface area contributed by atoms with E-state index in [0.29, 0.717) is 12.8 Å². The van der Waals surface area contributed by atoms with E-state index in [0.717, 1.165) is 23.8 Å². The maximum Gasteiger partial charge on any atom is 0.418 e. The summed E-state index contributed by atoms with van der Waals surface area (Å²) in [7, 11) is 1.54. The molecule has 2 aliphatic rings. The Bertz CT molecular complexity index is 757. The third-order valence-electron chi connectivity index (χ3n) is 5.24. The first-order valence-corrected chi connectivity index (χ1v) is 9.18. The number of halogens is 3. The number of likely N-dealkylation sites (tertiary alicyclic amines) is 1. The van der Waals surface area contributed by atoms with Gasteiger partial charge in [0.2, 0.25) is 17.7 Å². The van der Waals surface area contributed by atoms with Crippen LogP contribution in [0.25, 0.3) is 0 Å². The van der Waals surface area contributed by atoms with Gasteiger partial charge in [-0.15, -0.1) is 0 Å². The average molecular weight is 397 g/mol. The highest BCUT2D eigenvalue weighted by molar-refractivity contribution is 6.05. The normalized spacial score (nSPS) is 22.5. The lowest BCUT2D eigenvalue weighted by Gasteiger charge is -2.23. The van der Waals surface area contributed by atoms with Crippen molar-refractivity contribution in [3.05, 3.63) is 29.8 Å². The summed E-state index contributed by atoms with van der Waals surface area (Å²) in [5, 5.41) is 2.26. The Hall–Kier alpha value is -2.42. The first kappa shape index (κ1) is 20.3. The molecular weight excluding hydrogens is 375 g/mol. The van der Waals surface area contributed by atoms with Crippen molar-refractivity contribution < 1.29 is 27.6 Å². The number of alkyl halides is 3. The minimum absolute atomic E-state index is 0.0565. The molecule has 1 N–H and O–H groups in total. The van der Waals surface area contributed by atoms with Crippen LogP contribution in [0.5, 0.6) is 0 Å². The fourth-order valence-electron chi connectivity index (χ4n) is 3.94. The molecule has 0 spiro atoms. The number of imide groups is 1. The predicted octanol–water partition coefficient (Wildman–Crippen LogP) is 2.71. The molecule has 1 aliphatic heterocycles. The predicted molar refractivity (Wildman–Crippen MR) is 94.9 cm³/mol. The van der Waals surface area contributed by atoms with Gasteiger partial charge in [0.15, 0.2) is 0 Å². The number of hydrogen-bond acceptors (Lipinski definition) is 4. The smallest absolute Gasteiger partial charge is 0.324 e. The van der Waals surface area contributed by atoms with Gasteiger partial charge in [0, 0.05) is 0 Å². The number of fused-ring (bicyclic) bond motifs is 1. The van der Waals surface area contributed by atoms with E-state index >= 15 is 0 Å². The van der Waals surface area contributed by atoms with Gasteiger partial charge in [-0.3, -0.25) is 24.2 Å². The molecule has 152 valence electrons. The summed E-state index contributed by atoms with van der Waals surface area (Å²) in [6.45, 7) is -0.308. The summed E-state index contributed by atoms with van der Waals surface area (Å²) in [6, 6.07) is 4.72. The standard InChI is InChI=1S/C19H22F3N3O3/c1-24(11-25-17(27)12-6-2-3-7-13(12)18(25)28)10-16(26)23-15-9-5-4-8-14(15)19(20,21)22/h4-5,8-9,12-13H,2-3,6-7,10-11H2,1H3,(H,23,26)/t12-,13+. The summed E-state index contributed by atoms with van der Waals surface area (Å²) >= 11 is 0. The number of rotatable bonds is 5. The van der Waals surface area contributed by atoms with Crippen molar-refractivity contribution in [2.75, 3.05) is 25.6 Å². The molecule has 0 bridgehead atoms. The van der Waals surface area contributed by atoms with E-state index in [1.54, 1.807) is 0 Å². The first-order valence-electron chi connectivity index (χ1n) is 9.18. The van der Waals surface area contributed by atoms with Crippen molar-refractivity contribution in [1.29, 1.82) is 0 Å². The van der Waals surface area contributed by atoms with Crippen LogP contribution in [0.2, 0.25) is 0 Å². The second kappa shape index (κ2) is 7.90. The van der Waals surface area contributed by atoms with E-state index in [9.17, 15) is 27.6 Å². The van der Waals surface area contributed by atoms with Gasteiger partial charge in [0.05, 0.1) is 36.3 Å². The Morgan fingerprint density at radius 3 is 2.29 bits per heavy atom. The van der Waals surface area contributed by atoms with Crippen LogP contribution in [0, 0.1) is 11.8 Å². The van der Waals surface area contributed by atoms with Crippen molar-refractivity contribution >= 4 is 23.4 Å². The van der Waals surface area contributed by atoms with E-state index < -0.39 is 17.6 Å². The second-order valence-corrected chi connectivity index (χ2v) is 7.35. The van der Waals surface area contributed by atoms with E-state index in [-0.39, 0.29) is 42.6 Å². The molecule has 2 fully saturated rings. The SMILES string of the molecule is CN(CC(=O)Nc1ccccc1C(F)(F)F)CN1C(=O)[C@H]2CCCC[C@H]2C1=O. The number of carbonyl (C=O) groups is 3. The van der Waals surface area contributed by atoms with Crippen LogP contribution < -0.4 is 5.32 Å². The van der Waals surface area contributed by atoms with Crippen LogP contribution >= 0.6 is 0 Å². The quantitative estimate of drug-likeness (QED) is 0.776. The van der Waals surface area contributed by atoms with Crippen molar-refractivity contribution in [3.63, 3.8) is 0 Å². The Kier molecular flexibility index (Phi) is 5.74. The monoisotopic (exact) mass is 397 g/mol. The number of nitrogens with zero attached hydrogens (tertiary/aromatic N) is 2. The van der Waals surface area contributed by atoms with Gasteiger partial charge < -0.3 is 5.32 Å². The van der Waals surface area contributed by atoms with E-state index in [4.69, 9.17) is 0 Å². The van der Waals surface area contributed by atoms with Gasteiger partial charge in [-0.25, -0.2) is 0 Å². The largest absolute Gasteiger partial charge is 0.418 e. The molecule has 3 rings (SSSR count). The van der Waals surface area contributed by atoms with Crippen molar-refractivity contribution in [3.8, 4) is 0 Å². The third-order valence-corrected chi connectivity index (χ3v) is 5.24. The van der Waals surface area contributed by atoms with Crippen LogP contribution in [0.15, 0.2) is 24.3 Å². The average Bonchev–Trinajstić information content (AvgIpc) is 2.86. The van der Waals surface area contributed by atoms with Crippen LogP contribution in [0.3, 0.4) is 0 Å². The summed E-state index contributed by atoms with van der Waals surface area (Å²) in [4.78, 5) is 39.7. The summed E-state index contributed by atoms with van der Waals surface area (Å²) in [5.41, 5.74) is -1.26. The number of para-hydroxylation sites is 1. The molecule has 1 heterocycles. The molecule has 6 nitrogen and oxygen atoms in total. The molecule has 9 heteroatoms. The van der Waals surface area contributed by atoms with Crippen LogP contribution in [0.1, 0.15) is 31.2 Å². The molecule has 1 aliphatic carbocycles. The summed E-state index contributed by atoms with van der Waals surface area (Å²) in [5.74, 6) is -1.64. The van der Waals surface area contributed by atoms with Gasteiger partial charge in [0.1, 0.15) is 0 Å². The van der Waals surface area contributed by atoms with Gasteiger partial charge in [-0.2, -0.15) is 13.2 Å². The van der Waals surface area contributed by atoms with E-state index in [2.05, 4.69) is 5.32 Å². The van der Waals surface area contributed by atoms with Crippen molar-refractivity contribution in [2.24, 2.45) is 11.8 Å². The number of carbonyl (C=O) groups excluding carboxylic acids is 3. The lowest BCUT2D eigenvalue weighted by molar-refractivity contribution is -0.143. The lowest BCUT2D eigenvalue weighted by Crippen LogP contribution is -2.43. The van der Waals surface area contributed by atoms with E-state index in [1.165, 1.54) is 30.1 Å². The zero-order chi connectivity index (χ0) is 20.5. The van der Waals surface area contributed by atoms with Gasteiger partial charge >= 0.3 is 6.18 Å². The number of nitrogens with one attached hydrogen (secondary N) is 1. The highest BCUT2D eigenvalue weighted by Crippen LogP contribution is 2.38.